The molecule has 2 aromatic heterocycles. The molecule has 0 atom stereocenters. The summed E-state index contributed by atoms with van der Waals surface area (Å²) in [6.45, 7) is 2.04. The molecule has 0 aliphatic heterocycles. The molecule has 0 radical (unpaired) electrons. The fourth-order valence-electron chi connectivity index (χ4n) is 1.52. The lowest BCUT2D eigenvalue weighted by atomic mass is 10.2. The first-order chi connectivity index (χ1) is 6.24. The SMILES string of the molecule is CNc1c(C)ccn2ncc(N)c12. The van der Waals surface area contributed by atoms with Crippen molar-refractivity contribution in [3.63, 3.8) is 0 Å². The number of nitrogens with zero attached hydrogens (tertiary/aromatic N) is 2. The van der Waals surface area contributed by atoms with Crippen LogP contribution in [0.2, 0.25) is 0 Å². The van der Waals surface area contributed by atoms with E-state index in [1.165, 1.54) is 5.56 Å². The molecule has 2 aromatic rings. The van der Waals surface area contributed by atoms with Crippen molar-refractivity contribution >= 4 is 16.9 Å². The smallest absolute Gasteiger partial charge is 0.112 e. The number of nitrogen functional groups attached to an aromatic ring is 1. The van der Waals surface area contributed by atoms with Crippen LogP contribution in [0, 0.1) is 6.92 Å². The molecule has 0 aromatic carbocycles. The summed E-state index contributed by atoms with van der Waals surface area (Å²) in [5.41, 5.74) is 9.65. The molecule has 13 heavy (non-hydrogen) atoms. The maximum atomic E-state index is 5.80. The Morgan fingerprint density at radius 3 is 3.00 bits per heavy atom. The highest BCUT2D eigenvalue weighted by Crippen LogP contribution is 2.25. The van der Waals surface area contributed by atoms with Gasteiger partial charge < -0.3 is 11.1 Å². The van der Waals surface area contributed by atoms with E-state index in [1.54, 1.807) is 10.7 Å². The summed E-state index contributed by atoms with van der Waals surface area (Å²) in [5.74, 6) is 0. The van der Waals surface area contributed by atoms with Gasteiger partial charge in [-0.3, -0.25) is 0 Å². The molecule has 0 unspecified atom stereocenters. The number of anilines is 2. The number of nitrogens with one attached hydrogen (secondary N) is 1. The number of hydrogen-bond donors (Lipinski definition) is 2. The second-order valence-corrected chi connectivity index (χ2v) is 3.02. The summed E-state index contributed by atoms with van der Waals surface area (Å²) >= 11 is 0. The van der Waals surface area contributed by atoms with Gasteiger partial charge in [0.25, 0.3) is 0 Å². The van der Waals surface area contributed by atoms with Gasteiger partial charge in [0, 0.05) is 13.2 Å². The van der Waals surface area contributed by atoms with E-state index in [-0.39, 0.29) is 0 Å². The van der Waals surface area contributed by atoms with Gasteiger partial charge in [-0.05, 0) is 18.6 Å². The summed E-state index contributed by atoms with van der Waals surface area (Å²) in [5, 5.41) is 7.24. The van der Waals surface area contributed by atoms with Crippen molar-refractivity contribution in [1.82, 2.24) is 9.61 Å². The van der Waals surface area contributed by atoms with E-state index in [4.69, 9.17) is 5.73 Å². The molecule has 0 aliphatic rings. The van der Waals surface area contributed by atoms with Crippen LogP contribution in [0.1, 0.15) is 5.56 Å². The van der Waals surface area contributed by atoms with Crippen LogP contribution >= 0.6 is 0 Å². The van der Waals surface area contributed by atoms with Crippen LogP contribution in [0.3, 0.4) is 0 Å². The average molecular weight is 176 g/mol. The third-order valence-corrected chi connectivity index (χ3v) is 2.17. The van der Waals surface area contributed by atoms with Crippen LogP contribution in [0.25, 0.3) is 5.52 Å². The van der Waals surface area contributed by atoms with Gasteiger partial charge in [0.2, 0.25) is 0 Å². The van der Waals surface area contributed by atoms with Crippen LogP contribution in [-0.2, 0) is 0 Å². The predicted molar refractivity (Wildman–Crippen MR) is 53.9 cm³/mol. The number of aryl methyl sites for hydroxylation is 1. The van der Waals surface area contributed by atoms with Crippen molar-refractivity contribution in [2.75, 3.05) is 18.1 Å². The first-order valence-electron chi connectivity index (χ1n) is 4.14. The van der Waals surface area contributed by atoms with E-state index < -0.39 is 0 Å². The molecular formula is C9H12N4. The van der Waals surface area contributed by atoms with Crippen molar-refractivity contribution in [2.24, 2.45) is 0 Å². The Kier molecular flexibility index (Phi) is 1.62. The predicted octanol–water partition coefficient (Wildman–Crippen LogP) is 1.27. The molecule has 0 aliphatic carbocycles. The molecule has 4 heteroatoms. The van der Waals surface area contributed by atoms with Gasteiger partial charge >= 0.3 is 0 Å². The quantitative estimate of drug-likeness (QED) is 0.688. The zero-order valence-electron chi connectivity index (χ0n) is 7.70. The molecule has 0 saturated carbocycles. The topological polar surface area (TPSA) is 55.3 Å². The third kappa shape index (κ3) is 1.02. The van der Waals surface area contributed by atoms with Crippen molar-refractivity contribution in [2.45, 2.75) is 6.92 Å². The maximum absolute atomic E-state index is 5.80. The first kappa shape index (κ1) is 7.91. The molecule has 0 saturated heterocycles. The number of hydrogen-bond acceptors (Lipinski definition) is 3. The van der Waals surface area contributed by atoms with Crippen LogP contribution in [0.5, 0.6) is 0 Å². The van der Waals surface area contributed by atoms with E-state index in [0.717, 1.165) is 11.2 Å². The van der Waals surface area contributed by atoms with E-state index in [2.05, 4.69) is 10.4 Å². The van der Waals surface area contributed by atoms with Crippen molar-refractivity contribution in [3.05, 3.63) is 24.0 Å². The zero-order chi connectivity index (χ0) is 9.42. The molecule has 3 N–H and O–H groups in total. The molecule has 0 amide bonds. The minimum Gasteiger partial charge on any atom is -0.396 e. The van der Waals surface area contributed by atoms with Gasteiger partial charge in [0.05, 0.1) is 17.6 Å². The highest BCUT2D eigenvalue weighted by Gasteiger charge is 2.07. The van der Waals surface area contributed by atoms with Crippen LogP contribution in [-0.4, -0.2) is 16.7 Å². The first-order valence-corrected chi connectivity index (χ1v) is 4.14. The fraction of sp³-hybridized carbons (Fsp3) is 0.222. The Morgan fingerprint density at radius 1 is 1.54 bits per heavy atom. The second-order valence-electron chi connectivity index (χ2n) is 3.02. The maximum Gasteiger partial charge on any atom is 0.112 e. The normalized spacial score (nSPS) is 10.6. The van der Waals surface area contributed by atoms with Crippen molar-refractivity contribution in [3.8, 4) is 0 Å². The number of aromatic nitrogens is 2. The van der Waals surface area contributed by atoms with Gasteiger partial charge in [-0.25, -0.2) is 4.52 Å². The van der Waals surface area contributed by atoms with E-state index in [0.29, 0.717) is 5.69 Å². The molecule has 68 valence electrons. The van der Waals surface area contributed by atoms with Crippen molar-refractivity contribution < 1.29 is 0 Å². The minimum atomic E-state index is 0.702. The van der Waals surface area contributed by atoms with Crippen LogP contribution < -0.4 is 11.1 Å². The summed E-state index contributed by atoms with van der Waals surface area (Å²) < 4.78 is 1.77. The monoisotopic (exact) mass is 176 g/mol. The lowest BCUT2D eigenvalue weighted by molar-refractivity contribution is 0.958. The Balaban J connectivity index is 2.88. The zero-order valence-corrected chi connectivity index (χ0v) is 7.70. The third-order valence-electron chi connectivity index (χ3n) is 2.17. The number of fused-ring (bicyclic) bond motifs is 1. The summed E-state index contributed by atoms with van der Waals surface area (Å²) in [6, 6.07) is 2.01. The number of rotatable bonds is 1. The van der Waals surface area contributed by atoms with Gasteiger partial charge in [0.15, 0.2) is 0 Å². The fourth-order valence-corrected chi connectivity index (χ4v) is 1.52. The molecular weight excluding hydrogens is 164 g/mol. The van der Waals surface area contributed by atoms with E-state index in [9.17, 15) is 0 Å². The minimum absolute atomic E-state index is 0.702. The Hall–Kier alpha value is -1.71. The largest absolute Gasteiger partial charge is 0.396 e. The highest BCUT2D eigenvalue weighted by molar-refractivity contribution is 5.85. The average Bonchev–Trinajstić information content (AvgIpc) is 2.49. The molecule has 0 spiro atoms. The summed E-state index contributed by atoms with van der Waals surface area (Å²) in [4.78, 5) is 0. The summed E-state index contributed by atoms with van der Waals surface area (Å²) in [6.07, 6.45) is 3.57. The summed E-state index contributed by atoms with van der Waals surface area (Å²) in [7, 11) is 1.88. The van der Waals surface area contributed by atoms with Gasteiger partial charge in [-0.1, -0.05) is 0 Å². The van der Waals surface area contributed by atoms with Gasteiger partial charge in [-0.2, -0.15) is 5.10 Å². The van der Waals surface area contributed by atoms with E-state index >= 15 is 0 Å². The number of nitrogens with two attached hydrogens (primary N) is 1. The number of pyridine rings is 1. The Labute approximate surface area is 76.4 Å². The Bertz CT molecular complexity index is 444. The van der Waals surface area contributed by atoms with Crippen molar-refractivity contribution in [1.29, 1.82) is 0 Å². The van der Waals surface area contributed by atoms with Crippen LogP contribution in [0.4, 0.5) is 11.4 Å². The Morgan fingerprint density at radius 2 is 2.31 bits per heavy atom. The van der Waals surface area contributed by atoms with Gasteiger partial charge in [-0.15, -0.1) is 0 Å². The van der Waals surface area contributed by atoms with Gasteiger partial charge in [0.1, 0.15) is 5.52 Å². The molecule has 2 rings (SSSR count). The second kappa shape index (κ2) is 2.65. The molecule has 0 fully saturated rings. The molecule has 2 heterocycles. The highest BCUT2D eigenvalue weighted by atomic mass is 15.2. The lowest BCUT2D eigenvalue weighted by Crippen LogP contribution is -1.98. The lowest BCUT2D eigenvalue weighted by Gasteiger charge is -2.07. The standard InChI is InChI=1S/C9H12N4/c1-6-3-4-13-9(8(6)11-2)7(10)5-12-13/h3-5,11H,10H2,1-2H3. The molecule has 4 nitrogen and oxygen atoms in total. The molecule has 0 bridgehead atoms. The van der Waals surface area contributed by atoms with E-state index in [1.807, 2.05) is 26.2 Å². The van der Waals surface area contributed by atoms with Crippen LogP contribution in [0.15, 0.2) is 18.5 Å².